The minimum Gasteiger partial charge on any atom is -0.505 e. The third-order valence-corrected chi connectivity index (χ3v) is 13.2. The number of aromatic hydroxyl groups is 2. The maximum atomic E-state index is 12.5. The smallest absolute Gasteiger partial charge is 0.378 e. The summed E-state index contributed by atoms with van der Waals surface area (Å²) in [6.45, 7) is 0. The number of aromatic carboxylic acids is 1. The Labute approximate surface area is 274 Å². The van der Waals surface area contributed by atoms with Crippen LogP contribution in [0.2, 0.25) is 0 Å². The van der Waals surface area contributed by atoms with Gasteiger partial charge in [-0.15, -0.1) is 0 Å². The van der Waals surface area contributed by atoms with E-state index in [9.17, 15) is 20.1 Å². The zero-order valence-corrected chi connectivity index (χ0v) is 30.3. The lowest BCUT2D eigenvalue weighted by Crippen LogP contribution is -2.05. The van der Waals surface area contributed by atoms with E-state index in [1.54, 1.807) is 12.1 Å². The minimum atomic E-state index is -1.13. The van der Waals surface area contributed by atoms with Gasteiger partial charge in [-0.05, 0) is 166 Å². The Morgan fingerprint density at radius 1 is 0.727 bits per heavy atom. The summed E-state index contributed by atoms with van der Waals surface area (Å²) in [5.74, 6) is -0.990. The Hall–Kier alpha value is 1.24. The van der Waals surface area contributed by atoms with Crippen LogP contribution in [0.15, 0.2) is 34.4 Å². The van der Waals surface area contributed by atoms with Crippen molar-refractivity contribution in [1.29, 1.82) is 0 Å². The molecule has 0 spiro atoms. The SMILES string of the molecule is O=C(O)c1c(Br)c(Br)c(Br)c(Br)c1-c1c2cc(I)c(O)c(I)c2[o+]c2c(I)c(O)c(I)cc12. The Bertz CT molecular complexity index is 1490. The standard InChI is InChI=1S/C20H4Br4I4O5/c21-10-8(9(20(31)32)11(22)13(24)12(10)23)7-3-1-5(25)16(29)14(27)18(3)33-19-4(7)2-6(26)17(30)15(19)28/h1-2H,(H2-,29,30,31,32)/p+1. The van der Waals surface area contributed by atoms with Crippen LogP contribution in [0.25, 0.3) is 33.1 Å². The van der Waals surface area contributed by atoms with Crippen LogP contribution < -0.4 is 0 Å². The molecule has 4 rings (SSSR count). The lowest BCUT2D eigenvalue weighted by molar-refractivity contribution is 0.0696. The van der Waals surface area contributed by atoms with E-state index in [1.807, 2.05) is 90.4 Å². The van der Waals surface area contributed by atoms with Crippen molar-refractivity contribution in [1.82, 2.24) is 0 Å². The maximum Gasteiger partial charge on any atom is 0.378 e. The Kier molecular flexibility index (Phi) is 8.42. The molecule has 0 fully saturated rings. The molecule has 5 nitrogen and oxygen atoms in total. The number of carboxylic acid groups (broad SMARTS) is 1. The van der Waals surface area contributed by atoms with Gasteiger partial charge in [0, 0.05) is 29.0 Å². The molecule has 0 aliphatic heterocycles. The van der Waals surface area contributed by atoms with Gasteiger partial charge in [0.05, 0.1) is 23.5 Å². The van der Waals surface area contributed by atoms with Gasteiger partial charge in [0.2, 0.25) is 0 Å². The molecule has 0 aliphatic rings. The summed E-state index contributed by atoms with van der Waals surface area (Å²) in [4.78, 5) is 12.5. The van der Waals surface area contributed by atoms with Gasteiger partial charge in [-0.2, -0.15) is 0 Å². The van der Waals surface area contributed by atoms with Crippen LogP contribution in [0.1, 0.15) is 10.4 Å². The van der Waals surface area contributed by atoms with Gasteiger partial charge in [-0.25, -0.2) is 9.21 Å². The lowest BCUT2D eigenvalue weighted by atomic mass is 9.93. The highest BCUT2D eigenvalue weighted by molar-refractivity contribution is 14.1. The first kappa shape index (κ1) is 27.3. The van der Waals surface area contributed by atoms with E-state index in [-0.39, 0.29) is 17.1 Å². The quantitative estimate of drug-likeness (QED) is 0.0612. The number of benzene rings is 3. The highest BCUT2D eigenvalue weighted by Gasteiger charge is 2.34. The van der Waals surface area contributed by atoms with Gasteiger partial charge in [0.25, 0.3) is 0 Å². The molecule has 1 heterocycles. The molecular weight excluding hydrogens is 1150 g/mol. The molecule has 0 saturated carbocycles. The summed E-state index contributed by atoms with van der Waals surface area (Å²) in [5, 5.41) is 32.6. The molecule has 1 aromatic heterocycles. The van der Waals surface area contributed by atoms with E-state index in [1.165, 1.54) is 0 Å². The van der Waals surface area contributed by atoms with Crippen LogP contribution in [0.3, 0.4) is 0 Å². The first-order valence-electron chi connectivity index (χ1n) is 8.45. The molecule has 0 bridgehead atoms. The number of hydrogen-bond acceptors (Lipinski definition) is 3. The van der Waals surface area contributed by atoms with Crippen molar-refractivity contribution in [2.24, 2.45) is 0 Å². The first-order chi connectivity index (χ1) is 15.4. The van der Waals surface area contributed by atoms with Crippen molar-refractivity contribution in [2.45, 2.75) is 0 Å². The summed E-state index contributed by atoms with van der Waals surface area (Å²) < 4.78 is 10.4. The van der Waals surface area contributed by atoms with Gasteiger partial charge in [-0.3, -0.25) is 0 Å². The number of phenols is 2. The third-order valence-electron chi connectivity index (χ3n) is 4.77. The molecule has 0 atom stereocenters. The van der Waals surface area contributed by atoms with E-state index >= 15 is 0 Å². The molecule has 0 unspecified atom stereocenters. The number of rotatable bonds is 2. The second kappa shape index (κ2) is 10.2. The summed E-state index contributed by atoms with van der Waals surface area (Å²) >= 11 is 22.1. The zero-order valence-electron chi connectivity index (χ0n) is 15.3. The van der Waals surface area contributed by atoms with Crippen molar-refractivity contribution in [2.75, 3.05) is 0 Å². The molecule has 170 valence electrons. The van der Waals surface area contributed by atoms with Crippen LogP contribution in [0.5, 0.6) is 11.5 Å². The van der Waals surface area contributed by atoms with E-state index in [0.717, 1.165) is 0 Å². The fourth-order valence-corrected chi connectivity index (χ4v) is 9.40. The molecule has 0 amide bonds. The van der Waals surface area contributed by atoms with Crippen molar-refractivity contribution >= 4 is 182 Å². The zero-order chi connectivity index (χ0) is 24.5. The van der Waals surface area contributed by atoms with Gasteiger partial charge in [0.15, 0.2) is 18.6 Å². The lowest BCUT2D eigenvalue weighted by Gasteiger charge is -2.17. The van der Waals surface area contributed by atoms with Crippen molar-refractivity contribution in [3.05, 3.63) is 49.9 Å². The molecular formula is C20H5Br4I4O5+. The average molecular weight is 1150 g/mol. The fraction of sp³-hybridized carbons (Fsp3) is 0. The Morgan fingerprint density at radius 2 is 1.15 bits per heavy atom. The number of carbonyl (C=O) groups is 1. The summed E-state index contributed by atoms with van der Waals surface area (Å²) in [7, 11) is 0. The average Bonchev–Trinajstić information content (AvgIpc) is 2.76. The monoisotopic (exact) mass is 1150 g/mol. The molecule has 0 aliphatic carbocycles. The molecule has 0 saturated heterocycles. The molecule has 3 N–H and O–H groups in total. The van der Waals surface area contributed by atoms with E-state index < -0.39 is 5.97 Å². The molecule has 13 heteroatoms. The van der Waals surface area contributed by atoms with E-state index in [2.05, 4.69) is 63.7 Å². The minimum absolute atomic E-state index is 0.0435. The number of hydrogen-bond donors (Lipinski definition) is 3. The van der Waals surface area contributed by atoms with Crippen LogP contribution in [0, 0.1) is 14.3 Å². The highest BCUT2D eigenvalue weighted by Crippen LogP contribution is 2.52. The molecule has 4 aromatic rings. The maximum absolute atomic E-state index is 12.5. The van der Waals surface area contributed by atoms with Gasteiger partial charge in [0.1, 0.15) is 0 Å². The van der Waals surface area contributed by atoms with E-state index in [0.29, 0.717) is 65.2 Å². The van der Waals surface area contributed by atoms with Crippen LogP contribution in [-0.2, 0) is 0 Å². The third kappa shape index (κ3) is 4.46. The molecule has 0 radical (unpaired) electrons. The fourth-order valence-electron chi connectivity index (χ4n) is 3.34. The number of fused-ring (bicyclic) bond motifs is 2. The second-order valence-corrected chi connectivity index (χ2v) is 14.2. The van der Waals surface area contributed by atoms with Crippen LogP contribution in [0.4, 0.5) is 0 Å². The predicted octanol–water partition coefficient (Wildman–Crippen LogP) is 10.1. The molecule has 3 aromatic carbocycles. The summed E-state index contributed by atoms with van der Waals surface area (Å²) in [5.41, 5.74) is 1.82. The van der Waals surface area contributed by atoms with Crippen molar-refractivity contribution in [3.63, 3.8) is 0 Å². The van der Waals surface area contributed by atoms with Crippen molar-refractivity contribution < 1.29 is 24.5 Å². The van der Waals surface area contributed by atoms with Gasteiger partial charge in [-0.1, -0.05) is 0 Å². The number of phenolic OH excluding ortho intramolecular Hbond substituents is 2. The Morgan fingerprint density at radius 3 is 1.58 bits per heavy atom. The summed E-state index contributed by atoms with van der Waals surface area (Å²) in [6, 6.07) is 3.53. The van der Waals surface area contributed by atoms with Gasteiger partial charge >= 0.3 is 17.1 Å². The highest BCUT2D eigenvalue weighted by atomic mass is 127. The van der Waals surface area contributed by atoms with E-state index in [4.69, 9.17) is 4.42 Å². The van der Waals surface area contributed by atoms with Crippen LogP contribution in [-0.4, -0.2) is 21.3 Å². The topological polar surface area (TPSA) is 89.1 Å². The van der Waals surface area contributed by atoms with Crippen molar-refractivity contribution in [3.8, 4) is 22.6 Å². The predicted molar refractivity (Wildman–Crippen MR) is 176 cm³/mol. The normalized spacial score (nSPS) is 11.5. The van der Waals surface area contributed by atoms with Gasteiger partial charge < -0.3 is 15.3 Å². The number of carboxylic acids is 1. The number of halogens is 8. The molecule has 33 heavy (non-hydrogen) atoms. The first-order valence-corrected chi connectivity index (χ1v) is 15.9. The largest absolute Gasteiger partial charge is 0.505 e. The van der Waals surface area contributed by atoms with Crippen LogP contribution >= 0.6 is 154 Å². The second-order valence-electron chi connectivity index (χ2n) is 6.58. The summed E-state index contributed by atoms with van der Waals surface area (Å²) in [6.07, 6.45) is 0. The Balaban J connectivity index is 2.44.